The molecule has 2 aliphatic carbocycles. The lowest BCUT2D eigenvalue weighted by Crippen LogP contribution is -2.39. The Balaban J connectivity index is 0.00000192. The van der Waals surface area contributed by atoms with Gasteiger partial charge in [-0.25, -0.2) is 0 Å². The van der Waals surface area contributed by atoms with Crippen LogP contribution in [0.2, 0.25) is 0 Å². The summed E-state index contributed by atoms with van der Waals surface area (Å²) in [5.41, 5.74) is 7.51. The van der Waals surface area contributed by atoms with E-state index in [0.717, 1.165) is 25.7 Å². The summed E-state index contributed by atoms with van der Waals surface area (Å²) in [7, 11) is 0. The van der Waals surface area contributed by atoms with Crippen molar-refractivity contribution in [2.24, 2.45) is 11.7 Å². The molecule has 1 aromatic carbocycles. The number of carbonyl (C=O) groups excluding carboxylic acids is 1. The molecule has 1 amide bonds. The van der Waals surface area contributed by atoms with Crippen molar-refractivity contribution >= 4 is 18.3 Å². The van der Waals surface area contributed by atoms with Crippen LogP contribution in [0.4, 0.5) is 0 Å². The van der Waals surface area contributed by atoms with Gasteiger partial charge in [0.25, 0.3) is 0 Å². The Hall–Kier alpha value is -1.06. The van der Waals surface area contributed by atoms with Crippen LogP contribution in [0, 0.1) is 5.92 Å². The van der Waals surface area contributed by atoms with Crippen LogP contribution in [0.25, 0.3) is 0 Å². The molecule has 0 spiro atoms. The molecular formula is C19H29ClN2O. The largest absolute Gasteiger partial charge is 0.353 e. The Morgan fingerprint density at radius 3 is 2.35 bits per heavy atom. The normalized spacial score (nSPS) is 30.5. The molecule has 128 valence electrons. The lowest BCUT2D eigenvalue weighted by atomic mass is 9.81. The van der Waals surface area contributed by atoms with Gasteiger partial charge in [-0.2, -0.15) is 0 Å². The molecule has 0 saturated heterocycles. The maximum absolute atomic E-state index is 12.2. The molecule has 1 aromatic rings. The van der Waals surface area contributed by atoms with Crippen molar-refractivity contribution in [3.63, 3.8) is 0 Å². The fraction of sp³-hybridized carbons (Fsp3) is 0.632. The number of rotatable bonds is 4. The van der Waals surface area contributed by atoms with Crippen LogP contribution in [-0.4, -0.2) is 18.0 Å². The standard InChI is InChI=1S/C19H28N2O.ClH/c20-18-8-4-7-16(18)13-19(22)21-17-11-9-15(10-12-17)14-5-2-1-3-6-14;/h1-3,5-6,15-18H,4,7-13,20H2,(H,21,22);1H/t15?,16-,17?,18+;/m0./s1. The van der Waals surface area contributed by atoms with E-state index in [1.807, 2.05) is 0 Å². The second kappa shape index (κ2) is 8.70. The summed E-state index contributed by atoms with van der Waals surface area (Å²) in [6.45, 7) is 0. The van der Waals surface area contributed by atoms with Crippen molar-refractivity contribution in [2.75, 3.05) is 0 Å². The van der Waals surface area contributed by atoms with E-state index in [0.29, 0.717) is 24.3 Å². The first kappa shape index (κ1) is 18.3. The molecular weight excluding hydrogens is 308 g/mol. The van der Waals surface area contributed by atoms with Gasteiger partial charge in [-0.3, -0.25) is 4.79 Å². The van der Waals surface area contributed by atoms with Gasteiger partial charge < -0.3 is 11.1 Å². The molecule has 0 aromatic heterocycles. The van der Waals surface area contributed by atoms with Crippen molar-refractivity contribution in [1.29, 1.82) is 0 Å². The van der Waals surface area contributed by atoms with Crippen molar-refractivity contribution in [1.82, 2.24) is 5.32 Å². The number of hydrogen-bond donors (Lipinski definition) is 2. The fourth-order valence-electron chi connectivity index (χ4n) is 4.14. The molecule has 2 atom stereocenters. The second-order valence-electron chi connectivity index (χ2n) is 7.09. The molecule has 3 N–H and O–H groups in total. The highest BCUT2D eigenvalue weighted by molar-refractivity contribution is 5.85. The summed E-state index contributed by atoms with van der Waals surface area (Å²) in [5.74, 6) is 1.28. The topological polar surface area (TPSA) is 55.1 Å². The minimum absolute atomic E-state index is 0. The van der Waals surface area contributed by atoms with Gasteiger partial charge in [-0.15, -0.1) is 12.4 Å². The molecule has 2 aliphatic rings. The summed E-state index contributed by atoms with van der Waals surface area (Å²) in [6, 6.07) is 11.4. The van der Waals surface area contributed by atoms with E-state index >= 15 is 0 Å². The number of nitrogens with one attached hydrogen (secondary N) is 1. The molecule has 2 saturated carbocycles. The SMILES string of the molecule is Cl.N[C@@H]1CCC[C@H]1CC(=O)NC1CCC(c2ccccc2)CC1. The van der Waals surface area contributed by atoms with E-state index in [2.05, 4.69) is 35.6 Å². The zero-order valence-electron chi connectivity index (χ0n) is 13.7. The maximum Gasteiger partial charge on any atom is 0.220 e. The van der Waals surface area contributed by atoms with E-state index < -0.39 is 0 Å². The van der Waals surface area contributed by atoms with Crippen LogP contribution in [0.15, 0.2) is 30.3 Å². The summed E-state index contributed by atoms with van der Waals surface area (Å²) in [5, 5.41) is 3.24. The minimum atomic E-state index is 0. The van der Waals surface area contributed by atoms with Crippen LogP contribution in [0.5, 0.6) is 0 Å². The molecule has 23 heavy (non-hydrogen) atoms. The number of hydrogen-bond acceptors (Lipinski definition) is 2. The highest BCUT2D eigenvalue weighted by atomic mass is 35.5. The third kappa shape index (κ3) is 4.95. The summed E-state index contributed by atoms with van der Waals surface area (Å²) in [6.07, 6.45) is 8.57. The number of benzene rings is 1. The van der Waals surface area contributed by atoms with Gasteiger partial charge in [0.15, 0.2) is 0 Å². The van der Waals surface area contributed by atoms with E-state index in [9.17, 15) is 4.79 Å². The first-order chi connectivity index (χ1) is 10.7. The second-order valence-corrected chi connectivity index (χ2v) is 7.09. The Morgan fingerprint density at radius 2 is 1.74 bits per heavy atom. The molecule has 0 bridgehead atoms. The molecule has 3 nitrogen and oxygen atoms in total. The van der Waals surface area contributed by atoms with Crippen molar-refractivity contribution < 1.29 is 4.79 Å². The summed E-state index contributed by atoms with van der Waals surface area (Å²) in [4.78, 5) is 12.2. The molecule has 0 radical (unpaired) electrons. The van der Waals surface area contributed by atoms with Gasteiger partial charge in [-0.1, -0.05) is 36.8 Å². The number of amides is 1. The molecule has 0 heterocycles. The van der Waals surface area contributed by atoms with Gasteiger partial charge in [0.05, 0.1) is 0 Å². The summed E-state index contributed by atoms with van der Waals surface area (Å²) < 4.78 is 0. The Kier molecular flexibility index (Phi) is 6.91. The van der Waals surface area contributed by atoms with Crippen LogP contribution in [0.3, 0.4) is 0 Å². The first-order valence-electron chi connectivity index (χ1n) is 8.82. The predicted octanol–water partition coefficient (Wildman–Crippen LogP) is 3.77. The van der Waals surface area contributed by atoms with Crippen molar-refractivity contribution in [2.45, 2.75) is 69.4 Å². The lowest BCUT2D eigenvalue weighted by molar-refractivity contribution is -0.123. The number of carbonyl (C=O) groups is 1. The van der Waals surface area contributed by atoms with Crippen molar-refractivity contribution in [3.8, 4) is 0 Å². The van der Waals surface area contributed by atoms with Gasteiger partial charge in [0, 0.05) is 18.5 Å². The Bertz CT molecular complexity index is 485. The summed E-state index contributed by atoms with van der Waals surface area (Å²) >= 11 is 0. The molecule has 2 fully saturated rings. The minimum Gasteiger partial charge on any atom is -0.353 e. The molecule has 4 heteroatoms. The zero-order valence-corrected chi connectivity index (χ0v) is 14.6. The monoisotopic (exact) mass is 336 g/mol. The van der Waals surface area contributed by atoms with E-state index in [1.165, 1.54) is 24.8 Å². The first-order valence-corrected chi connectivity index (χ1v) is 8.82. The van der Waals surface area contributed by atoms with Gasteiger partial charge >= 0.3 is 0 Å². The smallest absolute Gasteiger partial charge is 0.220 e. The molecule has 3 rings (SSSR count). The lowest BCUT2D eigenvalue weighted by Gasteiger charge is -2.30. The molecule has 0 unspecified atom stereocenters. The predicted molar refractivity (Wildman–Crippen MR) is 96.8 cm³/mol. The molecule has 0 aliphatic heterocycles. The van der Waals surface area contributed by atoms with Crippen LogP contribution in [0.1, 0.15) is 62.8 Å². The van der Waals surface area contributed by atoms with Crippen LogP contribution in [-0.2, 0) is 4.79 Å². The maximum atomic E-state index is 12.2. The third-order valence-corrected chi connectivity index (χ3v) is 5.53. The fourth-order valence-corrected chi connectivity index (χ4v) is 4.14. The highest BCUT2D eigenvalue weighted by Gasteiger charge is 2.28. The Morgan fingerprint density at radius 1 is 1.04 bits per heavy atom. The highest BCUT2D eigenvalue weighted by Crippen LogP contribution is 2.33. The third-order valence-electron chi connectivity index (χ3n) is 5.53. The average Bonchev–Trinajstić information content (AvgIpc) is 2.94. The Labute approximate surface area is 145 Å². The number of nitrogens with two attached hydrogens (primary N) is 1. The van der Waals surface area contributed by atoms with E-state index in [-0.39, 0.29) is 24.4 Å². The van der Waals surface area contributed by atoms with Crippen molar-refractivity contribution in [3.05, 3.63) is 35.9 Å². The quantitative estimate of drug-likeness (QED) is 0.879. The van der Waals surface area contributed by atoms with Crippen LogP contribution < -0.4 is 11.1 Å². The van der Waals surface area contributed by atoms with Crippen LogP contribution >= 0.6 is 12.4 Å². The van der Waals surface area contributed by atoms with E-state index in [1.54, 1.807) is 0 Å². The zero-order chi connectivity index (χ0) is 15.4. The average molecular weight is 337 g/mol. The number of halogens is 1. The van der Waals surface area contributed by atoms with Gasteiger partial charge in [-0.05, 0) is 55.9 Å². The van der Waals surface area contributed by atoms with E-state index in [4.69, 9.17) is 5.73 Å². The van der Waals surface area contributed by atoms with Gasteiger partial charge in [0.1, 0.15) is 0 Å². The van der Waals surface area contributed by atoms with Gasteiger partial charge in [0.2, 0.25) is 5.91 Å².